The minimum atomic E-state index is -1.02. The number of anilines is 1. The highest BCUT2D eigenvalue weighted by atomic mass is 19.1. The molecule has 0 saturated carbocycles. The van der Waals surface area contributed by atoms with E-state index < -0.39 is 23.3 Å². The lowest BCUT2D eigenvalue weighted by atomic mass is 10.1. The molecule has 4 rings (SSSR count). The molecule has 8 nitrogen and oxygen atoms in total. The molecule has 3 heterocycles. The Morgan fingerprint density at radius 2 is 1.97 bits per heavy atom. The van der Waals surface area contributed by atoms with Gasteiger partial charge in [-0.25, -0.2) is 9.07 Å². The third-order valence-electron chi connectivity index (χ3n) is 4.48. The van der Waals surface area contributed by atoms with Gasteiger partial charge in [0, 0.05) is 12.1 Å². The van der Waals surface area contributed by atoms with E-state index in [4.69, 9.17) is 8.94 Å². The van der Waals surface area contributed by atoms with Gasteiger partial charge in [-0.15, -0.1) is 0 Å². The molecule has 30 heavy (non-hydrogen) atoms. The molecule has 9 heteroatoms. The van der Waals surface area contributed by atoms with Crippen LogP contribution in [0.3, 0.4) is 0 Å². The second kappa shape index (κ2) is 7.78. The number of hydrogen-bond donors (Lipinski definition) is 1. The van der Waals surface area contributed by atoms with E-state index in [0.717, 1.165) is 4.68 Å². The number of hydrogen-bond acceptors (Lipinski definition) is 6. The number of aromatic nitrogens is 3. The maximum Gasteiger partial charge on any atom is 0.268 e. The highest BCUT2D eigenvalue weighted by Crippen LogP contribution is 2.30. The molecule has 0 aliphatic rings. The minimum Gasteiger partial charge on any atom is -0.463 e. The summed E-state index contributed by atoms with van der Waals surface area (Å²) in [6.45, 7) is 3.25. The predicted octanol–water partition coefficient (Wildman–Crippen LogP) is 3.81. The first kappa shape index (κ1) is 19.3. The number of nitrogens with one attached hydrogen (secondary N) is 1. The summed E-state index contributed by atoms with van der Waals surface area (Å²) in [5, 5.41) is 10.7. The van der Waals surface area contributed by atoms with Crippen molar-refractivity contribution in [1.29, 1.82) is 0 Å². The number of furan rings is 1. The van der Waals surface area contributed by atoms with Crippen molar-refractivity contribution in [1.82, 2.24) is 14.9 Å². The Hall–Kier alpha value is -4.01. The number of amides is 1. The van der Waals surface area contributed by atoms with Crippen molar-refractivity contribution < 1.29 is 18.1 Å². The third-order valence-corrected chi connectivity index (χ3v) is 4.48. The largest absolute Gasteiger partial charge is 0.463 e. The van der Waals surface area contributed by atoms with E-state index in [0.29, 0.717) is 28.5 Å². The molecule has 4 aromatic rings. The number of benzene rings is 1. The van der Waals surface area contributed by atoms with E-state index in [-0.39, 0.29) is 5.69 Å². The summed E-state index contributed by atoms with van der Waals surface area (Å²) >= 11 is 0. The van der Waals surface area contributed by atoms with Crippen LogP contribution < -0.4 is 10.9 Å². The van der Waals surface area contributed by atoms with Crippen LogP contribution in [0, 0.1) is 12.7 Å². The summed E-state index contributed by atoms with van der Waals surface area (Å²) in [6, 6.07) is 11.1. The number of carbonyl (C=O) groups excluding carboxylic acids is 1. The van der Waals surface area contributed by atoms with Gasteiger partial charge in [-0.2, -0.15) is 5.10 Å². The fourth-order valence-corrected chi connectivity index (χ4v) is 2.93. The SMILES string of the molecule is Cc1cc(-c2cc(=O)n(C(C)C(=O)Nc3ccccc3F)nc2-c2ccco2)on1. The molecule has 0 saturated heterocycles. The van der Waals surface area contributed by atoms with Gasteiger partial charge in [0.25, 0.3) is 5.56 Å². The molecule has 1 unspecified atom stereocenters. The zero-order valence-electron chi connectivity index (χ0n) is 16.1. The molecule has 0 spiro atoms. The fraction of sp³-hybridized carbons (Fsp3) is 0.143. The standard InChI is InChI=1S/C21H17FN4O4/c1-12-10-18(30-25-12)14-11-19(27)26(24-20(14)17-8-5-9-29-17)13(2)21(28)23-16-7-4-3-6-15(16)22/h3-11,13H,1-2H3,(H,23,28). The van der Waals surface area contributed by atoms with Crippen molar-refractivity contribution in [3.05, 3.63) is 76.7 Å². The van der Waals surface area contributed by atoms with Gasteiger partial charge in [-0.05, 0) is 38.1 Å². The highest BCUT2D eigenvalue weighted by Gasteiger charge is 2.23. The summed E-state index contributed by atoms with van der Waals surface area (Å²) in [5.41, 5.74) is 0.806. The Bertz CT molecular complexity index is 1260. The van der Waals surface area contributed by atoms with E-state index in [2.05, 4.69) is 15.6 Å². The predicted molar refractivity (Wildman–Crippen MR) is 106 cm³/mol. The number of carbonyl (C=O) groups is 1. The number of nitrogens with zero attached hydrogens (tertiary/aromatic N) is 3. The lowest BCUT2D eigenvalue weighted by Gasteiger charge is -2.16. The van der Waals surface area contributed by atoms with Gasteiger partial charge in [0.05, 0.1) is 23.2 Å². The Morgan fingerprint density at radius 1 is 1.17 bits per heavy atom. The monoisotopic (exact) mass is 408 g/mol. The lowest BCUT2D eigenvalue weighted by molar-refractivity contribution is -0.119. The zero-order chi connectivity index (χ0) is 21.3. The van der Waals surface area contributed by atoms with Crippen LogP contribution in [0.15, 0.2) is 68.5 Å². The second-order valence-corrected chi connectivity index (χ2v) is 6.64. The molecule has 0 radical (unpaired) electrons. The Labute approximate surface area is 169 Å². The van der Waals surface area contributed by atoms with Crippen LogP contribution in [0.4, 0.5) is 10.1 Å². The minimum absolute atomic E-state index is 0.0161. The Kier molecular flexibility index (Phi) is 5.01. The third kappa shape index (κ3) is 3.64. The molecule has 1 aromatic carbocycles. The van der Waals surface area contributed by atoms with E-state index in [1.165, 1.54) is 37.5 Å². The molecule has 1 amide bonds. The summed E-state index contributed by atoms with van der Waals surface area (Å²) in [6.07, 6.45) is 1.47. The van der Waals surface area contributed by atoms with Crippen molar-refractivity contribution >= 4 is 11.6 Å². The molecular formula is C21H17FN4O4. The van der Waals surface area contributed by atoms with Crippen molar-refractivity contribution in [2.24, 2.45) is 0 Å². The second-order valence-electron chi connectivity index (χ2n) is 6.64. The zero-order valence-corrected chi connectivity index (χ0v) is 16.1. The number of rotatable bonds is 5. The van der Waals surface area contributed by atoms with Crippen molar-refractivity contribution in [2.45, 2.75) is 19.9 Å². The molecule has 0 aliphatic carbocycles. The number of para-hydroxylation sites is 1. The smallest absolute Gasteiger partial charge is 0.268 e. The van der Waals surface area contributed by atoms with Crippen LogP contribution >= 0.6 is 0 Å². The summed E-state index contributed by atoms with van der Waals surface area (Å²) in [7, 11) is 0. The van der Waals surface area contributed by atoms with Gasteiger partial charge in [0.2, 0.25) is 5.91 Å². The van der Waals surface area contributed by atoms with Crippen LogP contribution in [-0.2, 0) is 4.79 Å². The number of aryl methyl sites for hydroxylation is 1. The highest BCUT2D eigenvalue weighted by molar-refractivity contribution is 5.93. The normalized spacial score (nSPS) is 12.0. The molecule has 1 atom stereocenters. The maximum atomic E-state index is 13.9. The average Bonchev–Trinajstić information content (AvgIpc) is 3.41. The fourth-order valence-electron chi connectivity index (χ4n) is 2.93. The first-order valence-corrected chi connectivity index (χ1v) is 9.11. The van der Waals surface area contributed by atoms with E-state index in [1.54, 1.807) is 31.2 Å². The molecule has 3 aromatic heterocycles. The van der Waals surface area contributed by atoms with Gasteiger partial charge in [0.1, 0.15) is 17.6 Å². The number of halogens is 1. The lowest BCUT2D eigenvalue weighted by Crippen LogP contribution is -2.33. The Balaban J connectivity index is 1.75. The van der Waals surface area contributed by atoms with Crippen LogP contribution in [0.1, 0.15) is 18.7 Å². The van der Waals surface area contributed by atoms with Gasteiger partial charge in [0.15, 0.2) is 11.5 Å². The van der Waals surface area contributed by atoms with Crippen molar-refractivity contribution in [3.8, 4) is 22.8 Å². The summed E-state index contributed by atoms with van der Waals surface area (Å²) in [4.78, 5) is 25.4. The van der Waals surface area contributed by atoms with Crippen molar-refractivity contribution in [3.63, 3.8) is 0 Å². The molecule has 0 bridgehead atoms. The molecular weight excluding hydrogens is 391 g/mol. The molecule has 1 N–H and O–H groups in total. The molecule has 152 valence electrons. The quantitative estimate of drug-likeness (QED) is 0.539. The van der Waals surface area contributed by atoms with Gasteiger partial charge >= 0.3 is 0 Å². The van der Waals surface area contributed by atoms with Gasteiger partial charge in [-0.1, -0.05) is 17.3 Å². The van der Waals surface area contributed by atoms with Crippen molar-refractivity contribution in [2.75, 3.05) is 5.32 Å². The van der Waals surface area contributed by atoms with Crippen LogP contribution in [-0.4, -0.2) is 20.8 Å². The van der Waals surface area contributed by atoms with E-state index in [1.807, 2.05) is 0 Å². The van der Waals surface area contributed by atoms with Crippen LogP contribution in [0.25, 0.3) is 22.8 Å². The topological polar surface area (TPSA) is 103 Å². The van der Waals surface area contributed by atoms with Crippen LogP contribution in [0.2, 0.25) is 0 Å². The van der Waals surface area contributed by atoms with Gasteiger partial charge < -0.3 is 14.3 Å². The summed E-state index contributed by atoms with van der Waals surface area (Å²) < 4.78 is 25.6. The first-order valence-electron chi connectivity index (χ1n) is 9.11. The van der Waals surface area contributed by atoms with Gasteiger partial charge in [-0.3, -0.25) is 9.59 Å². The summed E-state index contributed by atoms with van der Waals surface area (Å²) in [5.74, 6) is -0.442. The maximum absolute atomic E-state index is 13.9. The average molecular weight is 408 g/mol. The Morgan fingerprint density at radius 3 is 2.63 bits per heavy atom. The van der Waals surface area contributed by atoms with E-state index >= 15 is 0 Å². The molecule has 0 fully saturated rings. The van der Waals surface area contributed by atoms with Crippen LogP contribution in [0.5, 0.6) is 0 Å². The first-order chi connectivity index (χ1) is 14.4. The van der Waals surface area contributed by atoms with E-state index in [9.17, 15) is 14.0 Å². The molecule has 0 aliphatic heterocycles.